The Hall–Kier alpha value is -1.13. The smallest absolute Gasteiger partial charge is 0.256 e. The molecule has 0 N–H and O–H groups in total. The maximum absolute atomic E-state index is 14.2. The van der Waals surface area contributed by atoms with E-state index >= 15 is 0 Å². The monoisotopic (exact) mass is 350 g/mol. The Balaban J connectivity index is 1.50. The first-order chi connectivity index (χ1) is 11.6. The van der Waals surface area contributed by atoms with E-state index in [1.54, 1.807) is 12.1 Å². The number of hydrogen-bond acceptors (Lipinski definition) is 2. The van der Waals surface area contributed by atoms with Gasteiger partial charge in [0.25, 0.3) is 5.91 Å². The largest absolute Gasteiger partial charge is 0.337 e. The van der Waals surface area contributed by atoms with E-state index in [0.29, 0.717) is 18.5 Å². The molecule has 1 aliphatic carbocycles. The van der Waals surface area contributed by atoms with E-state index in [9.17, 15) is 9.18 Å². The maximum Gasteiger partial charge on any atom is 0.256 e. The molecule has 5 rings (SSSR count). The van der Waals surface area contributed by atoms with Crippen LogP contribution in [0.1, 0.15) is 42.5 Å². The van der Waals surface area contributed by atoms with Crippen molar-refractivity contribution in [2.24, 2.45) is 11.8 Å². The highest BCUT2D eigenvalue weighted by Gasteiger charge is 2.38. The molecule has 1 aromatic rings. The number of carbonyl (C=O) groups excluding carboxylic acids is 1. The molecule has 2 bridgehead atoms. The fraction of sp³-hybridized carbons (Fsp3) is 0.632. The molecule has 1 amide bonds. The van der Waals surface area contributed by atoms with Gasteiger partial charge in [-0.3, -0.25) is 9.69 Å². The van der Waals surface area contributed by atoms with Gasteiger partial charge in [-0.05, 0) is 49.7 Å². The zero-order valence-corrected chi connectivity index (χ0v) is 14.6. The van der Waals surface area contributed by atoms with Crippen LogP contribution in [0.3, 0.4) is 0 Å². The van der Waals surface area contributed by atoms with Crippen molar-refractivity contribution in [3.8, 4) is 0 Å². The summed E-state index contributed by atoms with van der Waals surface area (Å²) in [5.74, 6) is 0.554. The van der Waals surface area contributed by atoms with Crippen LogP contribution in [0.2, 0.25) is 5.02 Å². The van der Waals surface area contributed by atoms with Crippen molar-refractivity contribution in [1.82, 2.24) is 9.80 Å². The number of hydrogen-bond donors (Lipinski definition) is 0. The number of amides is 1. The molecule has 0 radical (unpaired) electrons. The van der Waals surface area contributed by atoms with Crippen molar-refractivity contribution in [2.45, 2.75) is 38.1 Å². The Morgan fingerprint density at radius 2 is 2.00 bits per heavy atom. The van der Waals surface area contributed by atoms with Crippen molar-refractivity contribution in [3.05, 3.63) is 34.6 Å². The Kier molecular flexibility index (Phi) is 4.52. The van der Waals surface area contributed by atoms with Crippen LogP contribution >= 0.6 is 11.6 Å². The van der Waals surface area contributed by atoms with Gasteiger partial charge < -0.3 is 4.90 Å². The highest BCUT2D eigenvalue weighted by molar-refractivity contribution is 6.31. The lowest BCUT2D eigenvalue weighted by Crippen LogP contribution is -2.47. The molecule has 1 saturated carbocycles. The first kappa shape index (κ1) is 16.3. The van der Waals surface area contributed by atoms with Crippen LogP contribution in [0.25, 0.3) is 0 Å². The fourth-order valence-electron chi connectivity index (χ4n) is 4.41. The number of benzene rings is 1. The summed E-state index contributed by atoms with van der Waals surface area (Å²) in [5.41, 5.74) is 0.106. The third kappa shape index (κ3) is 3.06. The van der Waals surface area contributed by atoms with Crippen LogP contribution in [-0.2, 0) is 0 Å². The van der Waals surface area contributed by atoms with Crippen molar-refractivity contribution >= 4 is 17.5 Å². The quantitative estimate of drug-likeness (QED) is 0.827. The molecule has 0 aromatic heterocycles. The summed E-state index contributed by atoms with van der Waals surface area (Å²) in [7, 11) is 0. The summed E-state index contributed by atoms with van der Waals surface area (Å²) in [5, 5.41) is 0.0188. The molecule has 3 saturated heterocycles. The van der Waals surface area contributed by atoms with Crippen LogP contribution in [0, 0.1) is 17.7 Å². The minimum atomic E-state index is -0.591. The minimum absolute atomic E-state index is 0.0188. The molecule has 5 heteroatoms. The van der Waals surface area contributed by atoms with Crippen molar-refractivity contribution in [2.75, 3.05) is 26.2 Å². The number of nitrogens with zero attached hydrogens (tertiary/aromatic N) is 2. The first-order valence-electron chi connectivity index (χ1n) is 9.09. The summed E-state index contributed by atoms with van der Waals surface area (Å²) in [4.78, 5) is 17.3. The van der Waals surface area contributed by atoms with Crippen LogP contribution in [0.15, 0.2) is 18.2 Å². The van der Waals surface area contributed by atoms with Crippen molar-refractivity contribution < 1.29 is 9.18 Å². The van der Waals surface area contributed by atoms with Crippen LogP contribution in [-0.4, -0.2) is 47.9 Å². The highest BCUT2D eigenvalue weighted by Crippen LogP contribution is 2.33. The summed E-state index contributed by atoms with van der Waals surface area (Å²) in [6.07, 6.45) is 6.40. The lowest BCUT2D eigenvalue weighted by molar-refractivity contribution is 0.0713. The molecular formula is C19H24ClFN2O. The van der Waals surface area contributed by atoms with E-state index in [2.05, 4.69) is 4.90 Å². The third-order valence-corrected chi connectivity index (χ3v) is 6.31. The minimum Gasteiger partial charge on any atom is -0.337 e. The molecule has 3 nitrogen and oxygen atoms in total. The molecule has 24 heavy (non-hydrogen) atoms. The zero-order valence-electron chi connectivity index (χ0n) is 13.9. The predicted octanol–water partition coefficient (Wildman–Crippen LogP) is 3.82. The molecule has 2 atom stereocenters. The van der Waals surface area contributed by atoms with Crippen LogP contribution in [0.4, 0.5) is 4.39 Å². The third-order valence-electron chi connectivity index (χ3n) is 6.01. The molecule has 1 aromatic carbocycles. The maximum atomic E-state index is 14.2. The Labute approximate surface area is 147 Å². The van der Waals surface area contributed by atoms with Gasteiger partial charge in [-0.1, -0.05) is 24.1 Å². The molecule has 3 aliphatic heterocycles. The summed E-state index contributed by atoms with van der Waals surface area (Å²) in [6, 6.07) is 5.10. The van der Waals surface area contributed by atoms with E-state index in [1.165, 1.54) is 38.3 Å². The fourth-order valence-corrected chi connectivity index (χ4v) is 4.59. The standard InChI is InChI=1S/C19H24ClFN2O/c20-17-6-2-5-16(18(17)21)19(24)23-11-14-7-8-15(12-23)22(10-14)9-13-3-1-4-13/h2,5-6,13-15H,1,3-4,7-12H2/t14-,15-/m1/s1. The number of halogens is 2. The summed E-state index contributed by atoms with van der Waals surface area (Å²) < 4.78 is 14.2. The molecule has 4 fully saturated rings. The number of piperidine rings is 1. The molecule has 4 aliphatic rings. The van der Waals surface area contributed by atoms with Gasteiger partial charge in [0.05, 0.1) is 10.6 Å². The normalized spacial score (nSPS) is 27.8. The number of carbonyl (C=O) groups is 1. The average molecular weight is 351 g/mol. The molecule has 3 heterocycles. The summed E-state index contributed by atoms with van der Waals surface area (Å²) >= 11 is 5.85. The van der Waals surface area contributed by atoms with Gasteiger partial charge in [-0.15, -0.1) is 0 Å². The second-order valence-corrected chi connectivity index (χ2v) is 8.07. The molecule has 0 spiro atoms. The van der Waals surface area contributed by atoms with Crippen molar-refractivity contribution in [1.29, 1.82) is 0 Å². The van der Waals surface area contributed by atoms with E-state index in [1.807, 2.05) is 4.90 Å². The molecule has 130 valence electrons. The van der Waals surface area contributed by atoms with Crippen LogP contribution < -0.4 is 0 Å². The topological polar surface area (TPSA) is 23.6 Å². The number of rotatable bonds is 3. The lowest BCUT2D eigenvalue weighted by Gasteiger charge is -2.40. The Morgan fingerprint density at radius 3 is 2.75 bits per heavy atom. The summed E-state index contributed by atoms with van der Waals surface area (Å²) in [6.45, 7) is 3.72. The number of fused-ring (bicyclic) bond motifs is 4. The Bertz CT molecular complexity index is 634. The lowest BCUT2D eigenvalue weighted by atomic mass is 9.83. The van der Waals surface area contributed by atoms with Gasteiger partial charge in [0.1, 0.15) is 0 Å². The second-order valence-electron chi connectivity index (χ2n) is 7.66. The second kappa shape index (κ2) is 6.64. The van der Waals surface area contributed by atoms with E-state index in [-0.39, 0.29) is 16.5 Å². The van der Waals surface area contributed by atoms with E-state index in [4.69, 9.17) is 11.6 Å². The SMILES string of the molecule is O=C(c1cccc(Cl)c1F)N1C[C@@H]2CC[C@H](C1)N(CC1CCC1)C2. The predicted molar refractivity (Wildman–Crippen MR) is 92.7 cm³/mol. The van der Waals surface area contributed by atoms with Crippen molar-refractivity contribution in [3.63, 3.8) is 0 Å². The molecule has 0 unspecified atom stereocenters. The van der Waals surface area contributed by atoms with Gasteiger partial charge in [-0.25, -0.2) is 4.39 Å². The van der Waals surface area contributed by atoms with Gasteiger partial charge in [-0.2, -0.15) is 0 Å². The van der Waals surface area contributed by atoms with Gasteiger partial charge in [0.15, 0.2) is 5.82 Å². The first-order valence-corrected chi connectivity index (χ1v) is 9.47. The Morgan fingerprint density at radius 1 is 1.17 bits per heavy atom. The average Bonchev–Trinajstić information content (AvgIpc) is 2.84. The molecular weight excluding hydrogens is 327 g/mol. The van der Waals surface area contributed by atoms with Crippen LogP contribution in [0.5, 0.6) is 0 Å². The van der Waals surface area contributed by atoms with E-state index < -0.39 is 5.82 Å². The van der Waals surface area contributed by atoms with Gasteiger partial charge in [0, 0.05) is 32.2 Å². The van der Waals surface area contributed by atoms with Gasteiger partial charge >= 0.3 is 0 Å². The zero-order chi connectivity index (χ0) is 16.7. The van der Waals surface area contributed by atoms with Gasteiger partial charge in [0.2, 0.25) is 0 Å². The highest BCUT2D eigenvalue weighted by atomic mass is 35.5. The van der Waals surface area contributed by atoms with E-state index in [0.717, 1.165) is 25.4 Å².